The Hall–Kier alpha value is -1.22. The lowest BCUT2D eigenvalue weighted by Crippen LogP contribution is -2.48. The van der Waals surface area contributed by atoms with Crippen LogP contribution < -0.4 is 0 Å². The summed E-state index contributed by atoms with van der Waals surface area (Å²) < 4.78 is 76.0. The van der Waals surface area contributed by atoms with E-state index >= 15 is 0 Å². The van der Waals surface area contributed by atoms with Gasteiger partial charge < -0.3 is 14.2 Å². The molecule has 1 heterocycles. The number of carbonyl (C=O) groups excluding carboxylic acids is 1. The molecule has 0 aromatic rings. The van der Waals surface area contributed by atoms with Gasteiger partial charge in [0.2, 0.25) is 0 Å². The maximum Gasteiger partial charge on any atom is 0.465 e. The average molecular weight is 372 g/mol. The summed E-state index contributed by atoms with van der Waals surface area (Å²) in [5, 5.41) is 0. The van der Waals surface area contributed by atoms with Crippen molar-refractivity contribution in [1.82, 2.24) is 0 Å². The zero-order valence-corrected chi connectivity index (χ0v) is 13.8. The fraction of sp³-hybridized carbons (Fsp3) is 0.812. The summed E-state index contributed by atoms with van der Waals surface area (Å²) in [5.41, 5.74) is 1.41. The molecule has 9 heteroatoms. The number of carbonyl (C=O) groups is 1. The van der Waals surface area contributed by atoms with E-state index in [4.69, 9.17) is 9.47 Å². The first-order valence-electron chi connectivity index (χ1n) is 8.22. The molecule has 0 saturated carbocycles. The van der Waals surface area contributed by atoms with Crippen molar-refractivity contribution >= 4 is 5.97 Å². The number of allylic oxidation sites excluding steroid dienone is 2. The van der Waals surface area contributed by atoms with E-state index in [1.165, 1.54) is 5.57 Å². The van der Waals surface area contributed by atoms with E-state index < -0.39 is 24.5 Å². The van der Waals surface area contributed by atoms with Gasteiger partial charge >= 0.3 is 24.5 Å². The van der Waals surface area contributed by atoms with Crippen LogP contribution in [-0.4, -0.2) is 37.8 Å². The van der Waals surface area contributed by atoms with Gasteiger partial charge in [-0.25, -0.2) is 4.79 Å². The third kappa shape index (κ3) is 4.91. The highest BCUT2D eigenvalue weighted by Gasteiger charge is 2.65. The first-order chi connectivity index (χ1) is 11.6. The molecule has 0 spiro atoms. The molecule has 0 aromatic heterocycles. The number of hydrogen-bond acceptors (Lipinski definition) is 4. The van der Waals surface area contributed by atoms with Crippen molar-refractivity contribution in [2.24, 2.45) is 11.8 Å². The normalized spacial score (nSPS) is 28.4. The van der Waals surface area contributed by atoms with Crippen LogP contribution in [0.3, 0.4) is 0 Å². The minimum atomic E-state index is -6.02. The lowest BCUT2D eigenvalue weighted by atomic mass is 9.80. The number of esters is 1. The number of alkyl halides is 5. The average Bonchev–Trinajstić information content (AvgIpc) is 2.55. The fourth-order valence-corrected chi connectivity index (χ4v) is 3.00. The van der Waals surface area contributed by atoms with E-state index in [2.05, 4.69) is 17.7 Å². The zero-order valence-electron chi connectivity index (χ0n) is 13.8. The Labute approximate surface area is 142 Å². The minimum Gasteiger partial charge on any atom is -0.406 e. The van der Waals surface area contributed by atoms with E-state index in [9.17, 15) is 26.7 Å². The SMILES string of the molecule is CCCC1=CCC(C2COC(OC(=O)C(F)(F)C(F)(F)F)OC2)CC1. The van der Waals surface area contributed by atoms with Crippen molar-refractivity contribution in [2.45, 2.75) is 57.6 Å². The molecule has 2 rings (SSSR count). The second-order valence-corrected chi connectivity index (χ2v) is 6.34. The molecule has 1 fully saturated rings. The molecular formula is C16H21F5O4. The second-order valence-electron chi connectivity index (χ2n) is 6.34. The molecule has 144 valence electrons. The molecule has 1 saturated heterocycles. The van der Waals surface area contributed by atoms with Gasteiger partial charge in [-0.1, -0.05) is 25.0 Å². The lowest BCUT2D eigenvalue weighted by Gasteiger charge is -2.35. The van der Waals surface area contributed by atoms with E-state index in [1.54, 1.807) is 0 Å². The standard InChI is InChI=1S/C16H21F5O4/c1-2-3-10-4-6-11(7-5-10)12-8-23-14(24-9-12)25-13(22)15(17,18)16(19,20)21/h4,11-12,14H,2-3,5-9H2,1H3. The van der Waals surface area contributed by atoms with Gasteiger partial charge in [-0.3, -0.25) is 0 Å². The monoisotopic (exact) mass is 372 g/mol. The van der Waals surface area contributed by atoms with Gasteiger partial charge in [-0.05, 0) is 31.6 Å². The Morgan fingerprint density at radius 3 is 2.32 bits per heavy atom. The first-order valence-corrected chi connectivity index (χ1v) is 8.22. The molecule has 1 aliphatic carbocycles. The van der Waals surface area contributed by atoms with Crippen molar-refractivity contribution in [3.8, 4) is 0 Å². The number of hydrogen-bond donors (Lipinski definition) is 0. The highest BCUT2D eigenvalue weighted by molar-refractivity contribution is 5.78. The summed E-state index contributed by atoms with van der Waals surface area (Å²) in [5.74, 6) is -8.06. The van der Waals surface area contributed by atoms with E-state index in [-0.39, 0.29) is 25.0 Å². The summed E-state index contributed by atoms with van der Waals surface area (Å²) in [6, 6.07) is 0. The van der Waals surface area contributed by atoms with Crippen LogP contribution in [0.4, 0.5) is 22.0 Å². The Bertz CT molecular complexity index is 495. The molecule has 4 nitrogen and oxygen atoms in total. The topological polar surface area (TPSA) is 44.8 Å². The first kappa shape index (κ1) is 20.1. The molecule has 1 atom stereocenters. The molecule has 0 aromatic carbocycles. The molecule has 2 aliphatic rings. The zero-order chi connectivity index (χ0) is 18.7. The van der Waals surface area contributed by atoms with Gasteiger partial charge in [0.05, 0.1) is 13.2 Å². The van der Waals surface area contributed by atoms with Crippen molar-refractivity contribution in [1.29, 1.82) is 0 Å². The van der Waals surface area contributed by atoms with Gasteiger partial charge in [0.25, 0.3) is 0 Å². The summed E-state index contributed by atoms with van der Waals surface area (Å²) in [6.45, 7) is 0.431. The van der Waals surface area contributed by atoms with Crippen LogP contribution in [0.2, 0.25) is 0 Å². The molecule has 0 radical (unpaired) electrons. The Morgan fingerprint density at radius 2 is 1.84 bits per heavy atom. The summed E-state index contributed by atoms with van der Waals surface area (Å²) in [4.78, 5) is 11.0. The largest absolute Gasteiger partial charge is 0.465 e. The second kappa shape index (κ2) is 7.99. The van der Waals surface area contributed by atoms with Crippen LogP contribution in [0, 0.1) is 11.8 Å². The van der Waals surface area contributed by atoms with Crippen molar-refractivity contribution in [2.75, 3.05) is 13.2 Å². The molecule has 1 aliphatic heterocycles. The molecule has 1 unspecified atom stereocenters. The van der Waals surface area contributed by atoms with Gasteiger partial charge in [-0.15, -0.1) is 0 Å². The van der Waals surface area contributed by atoms with Crippen molar-refractivity contribution in [3.63, 3.8) is 0 Å². The molecule has 0 amide bonds. The predicted molar refractivity (Wildman–Crippen MR) is 76.6 cm³/mol. The number of ether oxygens (including phenoxy) is 3. The maximum atomic E-state index is 12.8. The summed E-state index contributed by atoms with van der Waals surface area (Å²) >= 11 is 0. The summed E-state index contributed by atoms with van der Waals surface area (Å²) in [7, 11) is 0. The van der Waals surface area contributed by atoms with Crippen LogP contribution in [0.1, 0.15) is 39.0 Å². The third-order valence-corrected chi connectivity index (χ3v) is 4.49. The molecule has 0 N–H and O–H groups in total. The molecule has 0 bridgehead atoms. The predicted octanol–water partition coefficient (Wildman–Crippen LogP) is 4.20. The van der Waals surface area contributed by atoms with Gasteiger partial charge in [0, 0.05) is 5.92 Å². The smallest absolute Gasteiger partial charge is 0.406 e. The van der Waals surface area contributed by atoms with Crippen LogP contribution >= 0.6 is 0 Å². The van der Waals surface area contributed by atoms with E-state index in [1.807, 2.05) is 0 Å². The lowest BCUT2D eigenvalue weighted by molar-refractivity contribution is -0.335. The maximum absolute atomic E-state index is 12.8. The van der Waals surface area contributed by atoms with Gasteiger partial charge in [-0.2, -0.15) is 22.0 Å². The summed E-state index contributed by atoms with van der Waals surface area (Å²) in [6.07, 6.45) is 1.09. The highest BCUT2D eigenvalue weighted by atomic mass is 19.4. The van der Waals surface area contributed by atoms with Crippen LogP contribution in [0.25, 0.3) is 0 Å². The minimum absolute atomic E-state index is 0.0162. The Balaban J connectivity index is 1.80. The fourth-order valence-electron chi connectivity index (χ4n) is 3.00. The molecule has 25 heavy (non-hydrogen) atoms. The highest BCUT2D eigenvalue weighted by Crippen LogP contribution is 2.37. The van der Waals surface area contributed by atoms with Gasteiger partial charge in [0.1, 0.15) is 0 Å². The van der Waals surface area contributed by atoms with E-state index in [0.717, 1.165) is 32.1 Å². The number of rotatable bonds is 5. The Morgan fingerprint density at radius 1 is 1.20 bits per heavy atom. The van der Waals surface area contributed by atoms with Crippen LogP contribution in [-0.2, 0) is 19.0 Å². The van der Waals surface area contributed by atoms with Crippen LogP contribution in [0.5, 0.6) is 0 Å². The third-order valence-electron chi connectivity index (χ3n) is 4.49. The number of halogens is 5. The van der Waals surface area contributed by atoms with Crippen molar-refractivity contribution in [3.05, 3.63) is 11.6 Å². The van der Waals surface area contributed by atoms with Gasteiger partial charge in [0.15, 0.2) is 0 Å². The quantitative estimate of drug-likeness (QED) is 0.412. The molecular weight excluding hydrogens is 351 g/mol. The van der Waals surface area contributed by atoms with E-state index in [0.29, 0.717) is 0 Å². The Kier molecular flexibility index (Phi) is 6.42. The van der Waals surface area contributed by atoms with Crippen LogP contribution in [0.15, 0.2) is 11.6 Å². The van der Waals surface area contributed by atoms with Crippen molar-refractivity contribution < 1.29 is 41.0 Å².